The van der Waals surface area contributed by atoms with E-state index in [-0.39, 0.29) is 0 Å². The number of para-hydroxylation sites is 1. The predicted molar refractivity (Wildman–Crippen MR) is 85.1 cm³/mol. The summed E-state index contributed by atoms with van der Waals surface area (Å²) in [5.41, 5.74) is 11.1. The summed E-state index contributed by atoms with van der Waals surface area (Å²) in [6, 6.07) is 14.4. The molecule has 0 amide bonds. The standard InChI is InChI=1S/C17H19N3O/c1-12-6-8-13(9-7-12)10-20-15-5-3-4-14(18)17(15)19-16(20)11-21-2/h3-9H,10-11,18H2,1-2H3. The van der Waals surface area contributed by atoms with Crippen LogP contribution in [0, 0.1) is 6.92 Å². The van der Waals surface area contributed by atoms with Gasteiger partial charge in [0.15, 0.2) is 0 Å². The Labute approximate surface area is 124 Å². The minimum Gasteiger partial charge on any atom is -0.397 e. The second kappa shape index (κ2) is 5.58. The van der Waals surface area contributed by atoms with Crippen molar-refractivity contribution in [3.63, 3.8) is 0 Å². The Balaban J connectivity index is 2.08. The van der Waals surface area contributed by atoms with Crippen LogP contribution in [0.15, 0.2) is 42.5 Å². The predicted octanol–water partition coefficient (Wildman–Crippen LogP) is 3.12. The number of aromatic nitrogens is 2. The minimum atomic E-state index is 0.472. The minimum absolute atomic E-state index is 0.472. The summed E-state index contributed by atoms with van der Waals surface area (Å²) < 4.78 is 7.44. The Morgan fingerprint density at radius 3 is 2.62 bits per heavy atom. The van der Waals surface area contributed by atoms with E-state index in [0.29, 0.717) is 12.3 Å². The summed E-state index contributed by atoms with van der Waals surface area (Å²) in [5.74, 6) is 0.894. The van der Waals surface area contributed by atoms with Crippen LogP contribution in [0.3, 0.4) is 0 Å². The van der Waals surface area contributed by atoms with Gasteiger partial charge in [0.25, 0.3) is 0 Å². The molecule has 0 aliphatic carbocycles. The van der Waals surface area contributed by atoms with Gasteiger partial charge in [0.1, 0.15) is 17.9 Å². The number of fused-ring (bicyclic) bond motifs is 1. The van der Waals surface area contributed by atoms with Crippen LogP contribution in [-0.2, 0) is 17.9 Å². The lowest BCUT2D eigenvalue weighted by Crippen LogP contribution is -2.06. The molecule has 108 valence electrons. The third-order valence-electron chi connectivity index (χ3n) is 3.62. The van der Waals surface area contributed by atoms with Crippen molar-refractivity contribution in [2.24, 2.45) is 0 Å². The molecule has 0 unspecified atom stereocenters. The third kappa shape index (κ3) is 2.62. The zero-order valence-corrected chi connectivity index (χ0v) is 12.3. The van der Waals surface area contributed by atoms with Gasteiger partial charge in [-0.05, 0) is 24.6 Å². The van der Waals surface area contributed by atoms with Gasteiger partial charge in [0.2, 0.25) is 0 Å². The topological polar surface area (TPSA) is 53.1 Å². The highest BCUT2D eigenvalue weighted by atomic mass is 16.5. The van der Waals surface area contributed by atoms with Crippen LogP contribution in [0.25, 0.3) is 11.0 Å². The van der Waals surface area contributed by atoms with Gasteiger partial charge in [-0.15, -0.1) is 0 Å². The summed E-state index contributed by atoms with van der Waals surface area (Å²) in [6.07, 6.45) is 0. The monoisotopic (exact) mass is 281 g/mol. The molecule has 0 aliphatic rings. The lowest BCUT2D eigenvalue weighted by Gasteiger charge is -2.09. The third-order valence-corrected chi connectivity index (χ3v) is 3.62. The van der Waals surface area contributed by atoms with Crippen molar-refractivity contribution in [2.75, 3.05) is 12.8 Å². The van der Waals surface area contributed by atoms with Crippen molar-refractivity contribution in [1.29, 1.82) is 0 Å². The van der Waals surface area contributed by atoms with Crippen LogP contribution >= 0.6 is 0 Å². The van der Waals surface area contributed by atoms with Crippen molar-refractivity contribution in [2.45, 2.75) is 20.1 Å². The zero-order chi connectivity index (χ0) is 14.8. The van der Waals surface area contributed by atoms with Crippen LogP contribution in [0.1, 0.15) is 17.0 Å². The first-order valence-corrected chi connectivity index (χ1v) is 6.97. The number of anilines is 1. The summed E-state index contributed by atoms with van der Waals surface area (Å²) in [6.45, 7) is 3.33. The number of imidazole rings is 1. The molecule has 2 N–H and O–H groups in total. The Bertz CT molecular complexity index is 760. The fraction of sp³-hybridized carbons (Fsp3) is 0.235. The van der Waals surface area contributed by atoms with E-state index in [9.17, 15) is 0 Å². The summed E-state index contributed by atoms with van der Waals surface area (Å²) in [4.78, 5) is 4.63. The fourth-order valence-electron chi connectivity index (χ4n) is 2.51. The van der Waals surface area contributed by atoms with E-state index in [1.54, 1.807) is 7.11 Å². The highest BCUT2D eigenvalue weighted by molar-refractivity contribution is 5.87. The smallest absolute Gasteiger partial charge is 0.136 e. The summed E-state index contributed by atoms with van der Waals surface area (Å²) in [7, 11) is 1.68. The number of ether oxygens (including phenoxy) is 1. The van der Waals surface area contributed by atoms with Crippen molar-refractivity contribution >= 4 is 16.7 Å². The number of benzene rings is 2. The molecule has 3 aromatic rings. The first-order valence-electron chi connectivity index (χ1n) is 6.97. The lowest BCUT2D eigenvalue weighted by atomic mass is 10.1. The molecule has 4 nitrogen and oxygen atoms in total. The number of aryl methyl sites for hydroxylation is 1. The quantitative estimate of drug-likeness (QED) is 0.748. The number of hydrogen-bond acceptors (Lipinski definition) is 3. The normalized spacial score (nSPS) is 11.1. The van der Waals surface area contributed by atoms with Gasteiger partial charge < -0.3 is 15.0 Å². The van der Waals surface area contributed by atoms with Gasteiger partial charge in [-0.3, -0.25) is 0 Å². The number of nitrogens with zero attached hydrogens (tertiary/aromatic N) is 2. The molecule has 21 heavy (non-hydrogen) atoms. The van der Waals surface area contributed by atoms with Crippen LogP contribution < -0.4 is 5.73 Å². The Kier molecular flexibility index (Phi) is 3.62. The molecule has 0 spiro atoms. The average Bonchev–Trinajstić information content (AvgIpc) is 2.82. The van der Waals surface area contributed by atoms with Gasteiger partial charge in [-0.25, -0.2) is 4.98 Å². The Morgan fingerprint density at radius 1 is 1.14 bits per heavy atom. The fourth-order valence-corrected chi connectivity index (χ4v) is 2.51. The van der Waals surface area contributed by atoms with E-state index in [2.05, 4.69) is 40.7 Å². The highest BCUT2D eigenvalue weighted by Gasteiger charge is 2.12. The molecule has 3 rings (SSSR count). The average molecular weight is 281 g/mol. The van der Waals surface area contributed by atoms with Crippen molar-refractivity contribution < 1.29 is 4.74 Å². The van der Waals surface area contributed by atoms with Crippen LogP contribution in [-0.4, -0.2) is 16.7 Å². The van der Waals surface area contributed by atoms with Gasteiger partial charge in [0, 0.05) is 13.7 Å². The maximum atomic E-state index is 6.03. The molecule has 0 aliphatic heterocycles. The van der Waals surface area contributed by atoms with Crippen LogP contribution in [0.2, 0.25) is 0 Å². The molecule has 1 heterocycles. The highest BCUT2D eigenvalue weighted by Crippen LogP contribution is 2.23. The Hall–Kier alpha value is -2.33. The van der Waals surface area contributed by atoms with Crippen LogP contribution in [0.4, 0.5) is 5.69 Å². The molecule has 1 aromatic heterocycles. The van der Waals surface area contributed by atoms with Gasteiger partial charge >= 0.3 is 0 Å². The van der Waals surface area contributed by atoms with E-state index in [4.69, 9.17) is 10.5 Å². The number of methoxy groups -OCH3 is 1. The van der Waals surface area contributed by atoms with Gasteiger partial charge in [-0.2, -0.15) is 0 Å². The molecular weight excluding hydrogens is 262 g/mol. The molecule has 0 atom stereocenters. The lowest BCUT2D eigenvalue weighted by molar-refractivity contribution is 0.175. The number of rotatable bonds is 4. The van der Waals surface area contributed by atoms with Crippen molar-refractivity contribution in [3.8, 4) is 0 Å². The molecule has 0 bridgehead atoms. The summed E-state index contributed by atoms with van der Waals surface area (Å²) in [5, 5.41) is 0. The number of nitrogen functional groups attached to an aromatic ring is 1. The molecule has 0 radical (unpaired) electrons. The van der Waals surface area contributed by atoms with E-state index >= 15 is 0 Å². The van der Waals surface area contributed by atoms with E-state index < -0.39 is 0 Å². The van der Waals surface area contributed by atoms with Crippen LogP contribution in [0.5, 0.6) is 0 Å². The second-order valence-corrected chi connectivity index (χ2v) is 5.25. The molecule has 4 heteroatoms. The second-order valence-electron chi connectivity index (χ2n) is 5.25. The van der Waals surface area contributed by atoms with E-state index in [1.165, 1.54) is 11.1 Å². The van der Waals surface area contributed by atoms with Gasteiger partial charge in [-0.1, -0.05) is 35.9 Å². The number of hydrogen-bond donors (Lipinski definition) is 1. The molecule has 0 saturated carbocycles. The van der Waals surface area contributed by atoms with Gasteiger partial charge in [0.05, 0.1) is 11.2 Å². The molecular formula is C17H19N3O. The summed E-state index contributed by atoms with van der Waals surface area (Å²) >= 11 is 0. The molecule has 0 fully saturated rings. The molecule has 2 aromatic carbocycles. The molecule has 0 saturated heterocycles. The maximum absolute atomic E-state index is 6.03. The Morgan fingerprint density at radius 2 is 1.90 bits per heavy atom. The number of nitrogens with two attached hydrogens (primary N) is 1. The van der Waals surface area contributed by atoms with Crippen molar-refractivity contribution in [1.82, 2.24) is 9.55 Å². The largest absolute Gasteiger partial charge is 0.397 e. The van der Waals surface area contributed by atoms with E-state index in [0.717, 1.165) is 23.4 Å². The first-order chi connectivity index (χ1) is 10.2. The maximum Gasteiger partial charge on any atom is 0.136 e. The SMILES string of the molecule is COCc1nc2c(N)cccc2n1Cc1ccc(C)cc1. The van der Waals surface area contributed by atoms with E-state index in [1.807, 2.05) is 18.2 Å². The zero-order valence-electron chi connectivity index (χ0n) is 12.3. The van der Waals surface area contributed by atoms with Crippen molar-refractivity contribution in [3.05, 3.63) is 59.4 Å². The first kappa shape index (κ1) is 13.6.